The van der Waals surface area contributed by atoms with Crippen molar-refractivity contribution in [3.05, 3.63) is 12.2 Å². The van der Waals surface area contributed by atoms with E-state index in [0.29, 0.717) is 0 Å². The van der Waals surface area contributed by atoms with E-state index in [-0.39, 0.29) is 12.9 Å². The maximum atomic E-state index is 8.79. The van der Waals surface area contributed by atoms with E-state index in [9.17, 15) is 0 Å². The number of ether oxygens (including phenoxy) is 2. The summed E-state index contributed by atoms with van der Waals surface area (Å²) in [7, 11) is 0. The van der Waals surface area contributed by atoms with Gasteiger partial charge in [-0.2, -0.15) is 0 Å². The number of aliphatic hydroxyl groups excluding tert-OH is 1. The fourth-order valence-corrected chi connectivity index (χ4v) is 4.00. The molecule has 0 atom stereocenters. The van der Waals surface area contributed by atoms with Crippen molar-refractivity contribution in [3.63, 3.8) is 0 Å². The SMILES string of the molecule is CCCCCCCCCOC(CCCCCC/C=C\CCO)OCCCCCCCCC. The summed E-state index contributed by atoms with van der Waals surface area (Å²) >= 11 is 0. The van der Waals surface area contributed by atoms with E-state index >= 15 is 0 Å². The van der Waals surface area contributed by atoms with Crippen LogP contribution in [0, 0.1) is 0 Å². The molecule has 0 heterocycles. The van der Waals surface area contributed by atoms with E-state index in [1.807, 2.05) is 0 Å². The molecule has 0 saturated heterocycles. The number of aliphatic hydroxyl groups is 1. The van der Waals surface area contributed by atoms with Crippen molar-refractivity contribution < 1.29 is 14.6 Å². The molecule has 0 aromatic heterocycles. The van der Waals surface area contributed by atoms with Gasteiger partial charge in [0.2, 0.25) is 0 Å². The van der Waals surface area contributed by atoms with Crippen molar-refractivity contribution in [3.8, 4) is 0 Å². The van der Waals surface area contributed by atoms with Gasteiger partial charge in [-0.15, -0.1) is 0 Å². The predicted molar refractivity (Wildman–Crippen MR) is 140 cm³/mol. The smallest absolute Gasteiger partial charge is 0.157 e. The van der Waals surface area contributed by atoms with Crippen molar-refractivity contribution >= 4 is 0 Å². The monoisotopic (exact) mass is 454 g/mol. The lowest BCUT2D eigenvalue weighted by atomic mass is 10.1. The van der Waals surface area contributed by atoms with Gasteiger partial charge in [0.15, 0.2) is 6.29 Å². The van der Waals surface area contributed by atoms with Gasteiger partial charge in [-0.1, -0.05) is 116 Å². The van der Waals surface area contributed by atoms with Gasteiger partial charge < -0.3 is 14.6 Å². The third-order valence-electron chi connectivity index (χ3n) is 6.13. The molecule has 1 N–H and O–H groups in total. The van der Waals surface area contributed by atoms with Crippen LogP contribution in [0.25, 0.3) is 0 Å². The minimum absolute atomic E-state index is 0.000340. The molecule has 0 aliphatic carbocycles. The number of allylic oxidation sites excluding steroid dienone is 1. The van der Waals surface area contributed by atoms with Gasteiger partial charge in [0.25, 0.3) is 0 Å². The summed E-state index contributed by atoms with van der Waals surface area (Å²) in [6, 6.07) is 0. The zero-order chi connectivity index (χ0) is 23.4. The molecule has 0 rings (SSSR count). The highest BCUT2D eigenvalue weighted by Crippen LogP contribution is 2.14. The molecule has 0 radical (unpaired) electrons. The van der Waals surface area contributed by atoms with Crippen molar-refractivity contribution in [1.29, 1.82) is 0 Å². The molecular weight excluding hydrogens is 396 g/mol. The normalized spacial score (nSPS) is 11.9. The van der Waals surface area contributed by atoms with E-state index in [1.165, 1.54) is 116 Å². The first-order chi connectivity index (χ1) is 15.8. The Balaban J connectivity index is 3.87. The van der Waals surface area contributed by atoms with Crippen LogP contribution in [0.15, 0.2) is 12.2 Å². The van der Waals surface area contributed by atoms with E-state index in [1.54, 1.807) is 0 Å². The van der Waals surface area contributed by atoms with Crippen LogP contribution >= 0.6 is 0 Å². The van der Waals surface area contributed by atoms with Crippen molar-refractivity contribution in [2.75, 3.05) is 19.8 Å². The second-order valence-corrected chi connectivity index (χ2v) is 9.39. The maximum Gasteiger partial charge on any atom is 0.157 e. The molecular formula is C29H58O3. The van der Waals surface area contributed by atoms with Crippen LogP contribution in [0.3, 0.4) is 0 Å². The topological polar surface area (TPSA) is 38.7 Å². The van der Waals surface area contributed by atoms with Crippen molar-refractivity contribution in [2.45, 2.75) is 155 Å². The maximum absolute atomic E-state index is 8.79. The molecule has 3 nitrogen and oxygen atoms in total. The van der Waals surface area contributed by atoms with E-state index < -0.39 is 0 Å². The second-order valence-electron chi connectivity index (χ2n) is 9.39. The average molecular weight is 455 g/mol. The van der Waals surface area contributed by atoms with Gasteiger partial charge >= 0.3 is 0 Å². The Bertz CT molecular complexity index is 336. The predicted octanol–water partition coefficient (Wildman–Crippen LogP) is 9.13. The third kappa shape index (κ3) is 25.9. The highest BCUT2D eigenvalue weighted by atomic mass is 16.7. The first-order valence-electron chi connectivity index (χ1n) is 14.3. The molecule has 3 heteroatoms. The fraction of sp³-hybridized carbons (Fsp3) is 0.931. The van der Waals surface area contributed by atoms with Crippen LogP contribution in [0.4, 0.5) is 0 Å². The standard InChI is InChI=1S/C29H58O3/c1-3-5-7-9-15-19-23-27-31-29(32-28-24-20-16-10-8-6-4-2)25-21-17-13-11-12-14-18-22-26-30/h14,18,29-30H,3-13,15-17,19-28H2,1-2H3/b18-14-. The second kappa shape index (κ2) is 28.7. The first kappa shape index (κ1) is 31.6. The molecule has 0 aliphatic heterocycles. The Morgan fingerprint density at radius 3 is 1.50 bits per heavy atom. The molecule has 0 unspecified atom stereocenters. The van der Waals surface area contributed by atoms with Gasteiger partial charge in [0.05, 0.1) is 0 Å². The third-order valence-corrected chi connectivity index (χ3v) is 6.13. The lowest BCUT2D eigenvalue weighted by molar-refractivity contribution is -0.148. The average Bonchev–Trinajstić information content (AvgIpc) is 2.80. The molecule has 0 aromatic rings. The lowest BCUT2D eigenvalue weighted by Gasteiger charge is -2.19. The molecule has 0 saturated carbocycles. The van der Waals surface area contributed by atoms with Crippen LogP contribution in [0.5, 0.6) is 0 Å². The zero-order valence-corrected chi connectivity index (χ0v) is 22.0. The summed E-state index contributed by atoms with van der Waals surface area (Å²) in [4.78, 5) is 0. The first-order valence-corrected chi connectivity index (χ1v) is 14.3. The molecule has 192 valence electrons. The molecule has 0 fully saturated rings. The Hall–Kier alpha value is -0.380. The minimum atomic E-state index is -0.000340. The number of unbranched alkanes of at least 4 members (excludes halogenated alkanes) is 16. The van der Waals surface area contributed by atoms with Crippen LogP contribution in [-0.2, 0) is 9.47 Å². The van der Waals surface area contributed by atoms with Crippen LogP contribution < -0.4 is 0 Å². The van der Waals surface area contributed by atoms with Gasteiger partial charge in [0, 0.05) is 19.8 Å². The van der Waals surface area contributed by atoms with Gasteiger partial charge in [0.1, 0.15) is 0 Å². The zero-order valence-electron chi connectivity index (χ0n) is 22.0. The Morgan fingerprint density at radius 1 is 0.531 bits per heavy atom. The summed E-state index contributed by atoms with van der Waals surface area (Å²) in [6.07, 6.45) is 30.7. The summed E-state index contributed by atoms with van der Waals surface area (Å²) in [5.41, 5.74) is 0. The van der Waals surface area contributed by atoms with Crippen molar-refractivity contribution in [2.24, 2.45) is 0 Å². The number of rotatable bonds is 27. The lowest BCUT2D eigenvalue weighted by Crippen LogP contribution is -2.19. The molecule has 0 amide bonds. The van der Waals surface area contributed by atoms with E-state index in [0.717, 1.165) is 32.5 Å². The quantitative estimate of drug-likeness (QED) is 0.0763. The van der Waals surface area contributed by atoms with E-state index in [2.05, 4.69) is 26.0 Å². The molecule has 0 spiro atoms. The number of hydrogen-bond donors (Lipinski definition) is 1. The molecule has 32 heavy (non-hydrogen) atoms. The van der Waals surface area contributed by atoms with Gasteiger partial charge in [-0.3, -0.25) is 0 Å². The fourth-order valence-electron chi connectivity index (χ4n) is 4.00. The van der Waals surface area contributed by atoms with Crippen LogP contribution in [0.1, 0.15) is 149 Å². The molecule has 0 bridgehead atoms. The Morgan fingerprint density at radius 2 is 0.969 bits per heavy atom. The summed E-state index contributed by atoms with van der Waals surface area (Å²) in [5, 5.41) is 8.79. The summed E-state index contributed by atoms with van der Waals surface area (Å²) in [5.74, 6) is 0. The molecule has 0 aliphatic rings. The van der Waals surface area contributed by atoms with Gasteiger partial charge in [-0.05, 0) is 44.9 Å². The van der Waals surface area contributed by atoms with Gasteiger partial charge in [-0.25, -0.2) is 0 Å². The van der Waals surface area contributed by atoms with Crippen LogP contribution in [-0.4, -0.2) is 31.2 Å². The molecule has 0 aromatic carbocycles. The highest BCUT2D eigenvalue weighted by molar-refractivity contribution is 4.80. The number of hydrogen-bond acceptors (Lipinski definition) is 3. The summed E-state index contributed by atoms with van der Waals surface area (Å²) in [6.45, 7) is 6.51. The Kier molecular flexibility index (Phi) is 28.3. The van der Waals surface area contributed by atoms with Crippen molar-refractivity contribution in [1.82, 2.24) is 0 Å². The minimum Gasteiger partial charge on any atom is -0.396 e. The highest BCUT2D eigenvalue weighted by Gasteiger charge is 2.09. The van der Waals surface area contributed by atoms with Crippen LogP contribution in [0.2, 0.25) is 0 Å². The summed E-state index contributed by atoms with van der Waals surface area (Å²) < 4.78 is 12.3. The van der Waals surface area contributed by atoms with E-state index in [4.69, 9.17) is 14.6 Å². The largest absolute Gasteiger partial charge is 0.396 e. The Labute approximate surface area is 201 Å².